The van der Waals surface area contributed by atoms with Crippen LogP contribution in [0.15, 0.2) is 36.7 Å². The van der Waals surface area contributed by atoms with Gasteiger partial charge in [0.05, 0.1) is 11.9 Å². The fraction of sp³-hybridized carbons (Fsp3) is 0.312. The van der Waals surface area contributed by atoms with Gasteiger partial charge in [0.1, 0.15) is 6.10 Å². The summed E-state index contributed by atoms with van der Waals surface area (Å²) in [5, 5.41) is 9.54. The average molecular weight is 314 g/mol. The van der Waals surface area contributed by atoms with Crippen LogP contribution in [0.25, 0.3) is 0 Å². The van der Waals surface area contributed by atoms with Crippen molar-refractivity contribution in [1.29, 1.82) is 0 Å². The second kappa shape index (κ2) is 6.62. The predicted molar refractivity (Wildman–Crippen MR) is 85.2 cm³/mol. The summed E-state index contributed by atoms with van der Waals surface area (Å²) in [6.07, 6.45) is 4.50. The van der Waals surface area contributed by atoms with Crippen LogP contribution in [0.5, 0.6) is 0 Å². The Morgan fingerprint density at radius 1 is 1.30 bits per heavy atom. The highest BCUT2D eigenvalue weighted by Gasteiger charge is 2.23. The Bertz CT molecular complexity index is 720. The maximum atomic E-state index is 12.2. The molecule has 7 heteroatoms. The first kappa shape index (κ1) is 15.2. The molecule has 0 radical (unpaired) electrons. The molecule has 0 bridgehead atoms. The van der Waals surface area contributed by atoms with E-state index in [0.29, 0.717) is 23.5 Å². The number of hydrogen-bond donors (Lipinski definition) is 2. The van der Waals surface area contributed by atoms with Crippen molar-refractivity contribution in [2.75, 3.05) is 17.2 Å². The number of carbonyl (C=O) groups is 2. The van der Waals surface area contributed by atoms with Gasteiger partial charge in [-0.1, -0.05) is 6.07 Å². The molecule has 3 rings (SSSR count). The molecule has 0 spiro atoms. The van der Waals surface area contributed by atoms with E-state index in [-0.39, 0.29) is 11.8 Å². The number of amides is 2. The summed E-state index contributed by atoms with van der Waals surface area (Å²) in [7, 11) is 1.77. The fourth-order valence-electron chi connectivity index (χ4n) is 2.43. The van der Waals surface area contributed by atoms with E-state index in [4.69, 9.17) is 4.74 Å². The largest absolute Gasteiger partial charge is 0.368 e. The van der Waals surface area contributed by atoms with Crippen molar-refractivity contribution < 1.29 is 14.3 Å². The first-order chi connectivity index (χ1) is 11.1. The zero-order valence-corrected chi connectivity index (χ0v) is 12.8. The number of aromatic nitrogens is 2. The molecule has 0 aliphatic carbocycles. The summed E-state index contributed by atoms with van der Waals surface area (Å²) >= 11 is 0. The molecule has 0 saturated carbocycles. The molecular weight excluding hydrogens is 296 g/mol. The highest BCUT2D eigenvalue weighted by molar-refractivity contribution is 6.05. The summed E-state index contributed by atoms with van der Waals surface area (Å²) in [6.45, 7) is 0.617. The van der Waals surface area contributed by atoms with Gasteiger partial charge in [-0.3, -0.25) is 14.3 Å². The summed E-state index contributed by atoms with van der Waals surface area (Å²) < 4.78 is 6.95. The Balaban J connectivity index is 1.66. The molecule has 1 atom stereocenters. The summed E-state index contributed by atoms with van der Waals surface area (Å²) in [4.78, 5) is 24.3. The van der Waals surface area contributed by atoms with Gasteiger partial charge in [0, 0.05) is 31.1 Å². The molecule has 1 aliphatic heterocycles. The van der Waals surface area contributed by atoms with Crippen LogP contribution in [0.4, 0.5) is 11.4 Å². The van der Waals surface area contributed by atoms with Gasteiger partial charge in [0.2, 0.25) is 0 Å². The maximum absolute atomic E-state index is 12.2. The number of benzene rings is 1. The Hall–Kier alpha value is -2.67. The average Bonchev–Trinajstić information content (AvgIpc) is 3.19. The van der Waals surface area contributed by atoms with Gasteiger partial charge in [0.25, 0.3) is 11.8 Å². The van der Waals surface area contributed by atoms with Crippen molar-refractivity contribution in [2.45, 2.75) is 18.9 Å². The van der Waals surface area contributed by atoms with E-state index in [1.807, 2.05) is 0 Å². The lowest BCUT2D eigenvalue weighted by Gasteiger charge is -2.11. The molecule has 2 amide bonds. The first-order valence-corrected chi connectivity index (χ1v) is 7.44. The molecule has 120 valence electrons. The number of aryl methyl sites for hydroxylation is 1. The first-order valence-electron chi connectivity index (χ1n) is 7.44. The van der Waals surface area contributed by atoms with Gasteiger partial charge < -0.3 is 15.4 Å². The molecule has 23 heavy (non-hydrogen) atoms. The molecule has 1 saturated heterocycles. The van der Waals surface area contributed by atoms with E-state index in [1.54, 1.807) is 48.4 Å². The predicted octanol–water partition coefficient (Wildman–Crippen LogP) is 1.79. The molecule has 1 fully saturated rings. The number of nitrogens with zero attached hydrogens (tertiary/aromatic N) is 2. The number of anilines is 2. The van der Waals surface area contributed by atoms with Gasteiger partial charge in [-0.15, -0.1) is 0 Å². The standard InChI is InChI=1S/C16H18N4O3/c1-20-10-13(9-17-20)19-15(21)11-4-2-5-12(8-11)18-16(22)14-6-3-7-23-14/h2,4-5,8-10,14H,3,6-7H2,1H3,(H,18,22)(H,19,21). The minimum absolute atomic E-state index is 0.174. The van der Waals surface area contributed by atoms with Crippen molar-refractivity contribution >= 4 is 23.2 Å². The van der Waals surface area contributed by atoms with E-state index in [9.17, 15) is 9.59 Å². The number of hydrogen-bond acceptors (Lipinski definition) is 4. The molecule has 2 heterocycles. The van der Waals surface area contributed by atoms with Crippen LogP contribution in [0, 0.1) is 0 Å². The molecular formula is C16H18N4O3. The molecule has 1 aliphatic rings. The fourth-order valence-corrected chi connectivity index (χ4v) is 2.43. The second-order valence-corrected chi connectivity index (χ2v) is 5.43. The lowest BCUT2D eigenvalue weighted by Crippen LogP contribution is -2.27. The van der Waals surface area contributed by atoms with Crippen LogP contribution in [0.2, 0.25) is 0 Å². The van der Waals surface area contributed by atoms with Gasteiger partial charge in [0.15, 0.2) is 0 Å². The number of ether oxygens (including phenoxy) is 1. The quantitative estimate of drug-likeness (QED) is 0.901. The van der Waals surface area contributed by atoms with Crippen molar-refractivity contribution in [2.24, 2.45) is 7.05 Å². The lowest BCUT2D eigenvalue weighted by atomic mass is 10.1. The van der Waals surface area contributed by atoms with Gasteiger partial charge in [-0.25, -0.2) is 0 Å². The minimum atomic E-state index is -0.400. The maximum Gasteiger partial charge on any atom is 0.255 e. The van der Waals surface area contributed by atoms with Crippen molar-refractivity contribution in [3.05, 3.63) is 42.2 Å². The third-order valence-electron chi connectivity index (χ3n) is 3.58. The molecule has 1 aromatic heterocycles. The highest BCUT2D eigenvalue weighted by atomic mass is 16.5. The van der Waals surface area contributed by atoms with E-state index >= 15 is 0 Å². The molecule has 1 aromatic carbocycles. The third kappa shape index (κ3) is 3.75. The van der Waals surface area contributed by atoms with Crippen LogP contribution < -0.4 is 10.6 Å². The Labute approximate surface area is 133 Å². The van der Waals surface area contributed by atoms with Gasteiger partial charge in [-0.05, 0) is 31.0 Å². The number of rotatable bonds is 4. The van der Waals surface area contributed by atoms with Crippen LogP contribution in [-0.2, 0) is 16.6 Å². The summed E-state index contributed by atoms with van der Waals surface area (Å²) in [5.41, 5.74) is 1.65. The highest BCUT2D eigenvalue weighted by Crippen LogP contribution is 2.17. The van der Waals surface area contributed by atoms with E-state index in [0.717, 1.165) is 12.8 Å². The Morgan fingerprint density at radius 3 is 2.87 bits per heavy atom. The summed E-state index contributed by atoms with van der Waals surface area (Å²) in [6, 6.07) is 6.79. The SMILES string of the molecule is Cn1cc(NC(=O)c2cccc(NC(=O)C3CCCO3)c2)cn1. The molecule has 1 unspecified atom stereocenters. The smallest absolute Gasteiger partial charge is 0.255 e. The van der Waals surface area contributed by atoms with Crippen LogP contribution in [0.1, 0.15) is 23.2 Å². The lowest BCUT2D eigenvalue weighted by molar-refractivity contribution is -0.124. The van der Waals surface area contributed by atoms with Crippen LogP contribution in [0.3, 0.4) is 0 Å². The van der Waals surface area contributed by atoms with Crippen LogP contribution in [-0.4, -0.2) is 34.3 Å². The molecule has 7 nitrogen and oxygen atoms in total. The molecule has 2 aromatic rings. The Morgan fingerprint density at radius 2 is 2.17 bits per heavy atom. The van der Waals surface area contributed by atoms with Crippen LogP contribution >= 0.6 is 0 Å². The van der Waals surface area contributed by atoms with Gasteiger partial charge in [-0.2, -0.15) is 5.10 Å². The van der Waals surface area contributed by atoms with Crippen molar-refractivity contribution in [3.63, 3.8) is 0 Å². The van der Waals surface area contributed by atoms with Crippen molar-refractivity contribution in [1.82, 2.24) is 9.78 Å². The number of carbonyl (C=O) groups excluding carboxylic acids is 2. The third-order valence-corrected chi connectivity index (χ3v) is 3.58. The minimum Gasteiger partial charge on any atom is -0.368 e. The zero-order valence-electron chi connectivity index (χ0n) is 12.8. The second-order valence-electron chi connectivity index (χ2n) is 5.43. The van der Waals surface area contributed by atoms with E-state index < -0.39 is 6.10 Å². The topological polar surface area (TPSA) is 85.2 Å². The van der Waals surface area contributed by atoms with E-state index in [1.165, 1.54) is 0 Å². The monoisotopic (exact) mass is 314 g/mol. The normalized spacial score (nSPS) is 17.0. The van der Waals surface area contributed by atoms with Crippen molar-refractivity contribution in [3.8, 4) is 0 Å². The van der Waals surface area contributed by atoms with E-state index in [2.05, 4.69) is 15.7 Å². The van der Waals surface area contributed by atoms with Gasteiger partial charge >= 0.3 is 0 Å². The zero-order chi connectivity index (χ0) is 16.2. The Kier molecular flexibility index (Phi) is 4.38. The molecule has 2 N–H and O–H groups in total. The summed E-state index contributed by atoms with van der Waals surface area (Å²) in [5.74, 6) is -0.432. The number of nitrogens with one attached hydrogen (secondary N) is 2.